The highest BCUT2D eigenvalue weighted by atomic mass is 19.4. The van der Waals surface area contributed by atoms with E-state index in [-0.39, 0.29) is 43.5 Å². The van der Waals surface area contributed by atoms with Crippen LogP contribution in [0.1, 0.15) is 24.5 Å². The zero-order valence-corrected chi connectivity index (χ0v) is 17.9. The van der Waals surface area contributed by atoms with E-state index in [4.69, 9.17) is 9.47 Å². The maximum absolute atomic E-state index is 13.2. The van der Waals surface area contributed by atoms with Crippen LogP contribution in [-0.2, 0) is 26.9 Å². The highest BCUT2D eigenvalue weighted by Gasteiger charge is 2.36. The second-order valence-electron chi connectivity index (χ2n) is 7.46. The number of carbonyl (C=O) groups excluding carboxylic acids is 2. The van der Waals surface area contributed by atoms with Gasteiger partial charge in [0.05, 0.1) is 23.8 Å². The van der Waals surface area contributed by atoms with E-state index in [1.54, 1.807) is 0 Å². The number of aryl methyl sites for hydroxylation is 1. The zero-order valence-electron chi connectivity index (χ0n) is 17.9. The fraction of sp³-hybridized carbons (Fsp3) is 0.391. The van der Waals surface area contributed by atoms with E-state index in [1.165, 1.54) is 12.0 Å². The molecule has 1 N–H and O–H groups in total. The lowest BCUT2D eigenvalue weighted by Gasteiger charge is -2.18. The van der Waals surface area contributed by atoms with Crippen molar-refractivity contribution in [3.05, 3.63) is 53.6 Å². The first-order chi connectivity index (χ1) is 15.2. The lowest BCUT2D eigenvalue weighted by atomic mass is 10.1. The number of carbonyl (C=O) groups is 2. The van der Waals surface area contributed by atoms with E-state index >= 15 is 0 Å². The van der Waals surface area contributed by atoms with Crippen LogP contribution in [0, 0.1) is 5.92 Å². The summed E-state index contributed by atoms with van der Waals surface area (Å²) in [5.74, 6) is -1.36. The summed E-state index contributed by atoms with van der Waals surface area (Å²) < 4.78 is 49.8. The molecule has 1 fully saturated rings. The Hall–Kier alpha value is -3.07. The SMILES string of the molecule is CCc1ccc(N2CC(C(=O)Nc3cc(C(F)(F)F)ccc3OCCOC)CC2=O)cc1. The Balaban J connectivity index is 1.75. The van der Waals surface area contributed by atoms with Gasteiger partial charge in [0, 0.05) is 25.8 Å². The summed E-state index contributed by atoms with van der Waals surface area (Å²) in [5, 5.41) is 2.52. The van der Waals surface area contributed by atoms with Gasteiger partial charge in [-0.05, 0) is 42.3 Å². The van der Waals surface area contributed by atoms with Gasteiger partial charge in [-0.25, -0.2) is 0 Å². The average molecular weight is 450 g/mol. The van der Waals surface area contributed by atoms with Crippen molar-refractivity contribution in [3.63, 3.8) is 0 Å². The standard InChI is InChI=1S/C23H25F3N2O4/c1-3-15-4-7-18(8-5-15)28-14-16(12-21(28)29)22(30)27-19-13-17(23(24,25)26)6-9-20(19)32-11-10-31-2/h4-9,13,16H,3,10-12,14H2,1-2H3,(H,27,30). The van der Waals surface area contributed by atoms with Crippen LogP contribution in [0.15, 0.2) is 42.5 Å². The monoisotopic (exact) mass is 450 g/mol. The Kier molecular flexibility index (Phi) is 7.40. The first-order valence-electron chi connectivity index (χ1n) is 10.3. The van der Waals surface area contributed by atoms with Crippen molar-refractivity contribution in [3.8, 4) is 5.75 Å². The summed E-state index contributed by atoms with van der Waals surface area (Å²) in [6, 6.07) is 10.4. The number of alkyl halides is 3. The molecule has 32 heavy (non-hydrogen) atoms. The topological polar surface area (TPSA) is 67.9 Å². The number of anilines is 2. The fourth-order valence-electron chi connectivity index (χ4n) is 3.44. The number of ether oxygens (including phenoxy) is 2. The van der Waals surface area contributed by atoms with Crippen LogP contribution in [-0.4, -0.2) is 38.7 Å². The van der Waals surface area contributed by atoms with Gasteiger partial charge >= 0.3 is 6.18 Å². The summed E-state index contributed by atoms with van der Waals surface area (Å²) in [6.07, 6.45) is -3.74. The predicted octanol–water partition coefficient (Wildman–Crippen LogP) is 4.28. The Morgan fingerprint density at radius 1 is 1.16 bits per heavy atom. The van der Waals surface area contributed by atoms with Gasteiger partial charge in [0.15, 0.2) is 0 Å². The largest absolute Gasteiger partial charge is 0.489 e. The molecule has 1 atom stereocenters. The highest BCUT2D eigenvalue weighted by molar-refractivity contribution is 6.04. The Labute approximate surface area is 184 Å². The molecular formula is C23H25F3N2O4. The molecule has 2 aromatic rings. The molecule has 0 aromatic heterocycles. The summed E-state index contributed by atoms with van der Waals surface area (Å²) >= 11 is 0. The molecule has 3 rings (SSSR count). The molecule has 1 saturated heterocycles. The highest BCUT2D eigenvalue weighted by Crippen LogP contribution is 2.36. The predicted molar refractivity (Wildman–Crippen MR) is 114 cm³/mol. The van der Waals surface area contributed by atoms with Crippen molar-refractivity contribution in [1.82, 2.24) is 0 Å². The third-order valence-corrected chi connectivity index (χ3v) is 5.26. The Morgan fingerprint density at radius 2 is 1.88 bits per heavy atom. The van der Waals surface area contributed by atoms with Gasteiger partial charge < -0.3 is 19.7 Å². The number of rotatable bonds is 8. The normalized spacial score (nSPS) is 16.3. The van der Waals surface area contributed by atoms with Crippen LogP contribution in [0.25, 0.3) is 0 Å². The van der Waals surface area contributed by atoms with E-state index < -0.39 is 23.6 Å². The molecule has 0 bridgehead atoms. The van der Waals surface area contributed by atoms with Gasteiger partial charge in [0.1, 0.15) is 12.4 Å². The minimum Gasteiger partial charge on any atom is -0.489 e. The molecule has 0 radical (unpaired) electrons. The number of hydrogen-bond donors (Lipinski definition) is 1. The number of hydrogen-bond acceptors (Lipinski definition) is 4. The van der Waals surface area contributed by atoms with E-state index in [9.17, 15) is 22.8 Å². The summed E-state index contributed by atoms with van der Waals surface area (Å²) in [5.41, 5.74) is 0.802. The maximum atomic E-state index is 13.2. The number of nitrogens with one attached hydrogen (secondary N) is 1. The molecule has 1 aliphatic rings. The van der Waals surface area contributed by atoms with Crippen LogP contribution in [0.2, 0.25) is 0 Å². The van der Waals surface area contributed by atoms with Gasteiger partial charge in [-0.2, -0.15) is 13.2 Å². The number of nitrogens with zero attached hydrogens (tertiary/aromatic N) is 1. The molecule has 172 valence electrons. The summed E-state index contributed by atoms with van der Waals surface area (Å²) in [4.78, 5) is 26.8. The van der Waals surface area contributed by atoms with Crippen LogP contribution in [0.4, 0.5) is 24.5 Å². The van der Waals surface area contributed by atoms with Crippen molar-refractivity contribution in [2.45, 2.75) is 25.9 Å². The molecule has 1 unspecified atom stereocenters. The minimum absolute atomic E-state index is 0.0276. The van der Waals surface area contributed by atoms with Crippen molar-refractivity contribution in [1.29, 1.82) is 0 Å². The summed E-state index contributed by atoms with van der Waals surface area (Å²) in [7, 11) is 1.47. The first-order valence-corrected chi connectivity index (χ1v) is 10.3. The smallest absolute Gasteiger partial charge is 0.416 e. The lowest BCUT2D eigenvalue weighted by molar-refractivity contribution is -0.137. The van der Waals surface area contributed by atoms with Crippen molar-refractivity contribution in [2.75, 3.05) is 37.1 Å². The van der Waals surface area contributed by atoms with E-state index in [0.717, 1.165) is 30.2 Å². The zero-order chi connectivity index (χ0) is 23.3. The number of methoxy groups -OCH3 is 1. The molecule has 1 heterocycles. The van der Waals surface area contributed by atoms with Crippen LogP contribution >= 0.6 is 0 Å². The second kappa shape index (κ2) is 10.0. The van der Waals surface area contributed by atoms with Crippen LogP contribution in [0.5, 0.6) is 5.75 Å². The van der Waals surface area contributed by atoms with Crippen molar-refractivity contribution in [2.24, 2.45) is 5.92 Å². The molecule has 1 aliphatic heterocycles. The Bertz CT molecular complexity index is 961. The first kappa shape index (κ1) is 23.6. The molecule has 2 amide bonds. The van der Waals surface area contributed by atoms with Gasteiger partial charge in [-0.15, -0.1) is 0 Å². The molecule has 0 spiro atoms. The molecule has 6 nitrogen and oxygen atoms in total. The number of halogens is 3. The molecule has 0 aliphatic carbocycles. The molecule has 2 aromatic carbocycles. The third kappa shape index (κ3) is 5.59. The van der Waals surface area contributed by atoms with Crippen LogP contribution in [0.3, 0.4) is 0 Å². The third-order valence-electron chi connectivity index (χ3n) is 5.26. The van der Waals surface area contributed by atoms with Crippen molar-refractivity contribution < 1.29 is 32.2 Å². The van der Waals surface area contributed by atoms with Crippen molar-refractivity contribution >= 4 is 23.2 Å². The van der Waals surface area contributed by atoms with Gasteiger partial charge in [-0.3, -0.25) is 9.59 Å². The Morgan fingerprint density at radius 3 is 2.50 bits per heavy atom. The van der Waals surface area contributed by atoms with Crippen LogP contribution < -0.4 is 15.0 Å². The minimum atomic E-state index is -4.57. The number of amides is 2. The van der Waals surface area contributed by atoms with E-state index in [0.29, 0.717) is 5.69 Å². The lowest BCUT2D eigenvalue weighted by Crippen LogP contribution is -2.28. The van der Waals surface area contributed by atoms with Gasteiger partial charge in [-0.1, -0.05) is 19.1 Å². The fourth-order valence-corrected chi connectivity index (χ4v) is 3.44. The van der Waals surface area contributed by atoms with Gasteiger partial charge in [0.2, 0.25) is 11.8 Å². The molecular weight excluding hydrogens is 425 g/mol. The van der Waals surface area contributed by atoms with E-state index in [2.05, 4.69) is 5.32 Å². The average Bonchev–Trinajstić information content (AvgIpc) is 3.16. The molecule has 0 saturated carbocycles. The summed E-state index contributed by atoms with van der Waals surface area (Å²) in [6.45, 7) is 2.51. The second-order valence-corrected chi connectivity index (χ2v) is 7.46. The van der Waals surface area contributed by atoms with Gasteiger partial charge in [0.25, 0.3) is 0 Å². The number of benzene rings is 2. The quantitative estimate of drug-likeness (QED) is 0.610. The van der Waals surface area contributed by atoms with E-state index in [1.807, 2.05) is 31.2 Å². The molecule has 9 heteroatoms. The maximum Gasteiger partial charge on any atom is 0.416 e.